The summed E-state index contributed by atoms with van der Waals surface area (Å²) >= 11 is 0. The van der Waals surface area contributed by atoms with Crippen LogP contribution in [0.25, 0.3) is 0 Å². The van der Waals surface area contributed by atoms with Crippen molar-refractivity contribution in [3.05, 3.63) is 35.3 Å². The molecule has 0 aliphatic heterocycles. The summed E-state index contributed by atoms with van der Waals surface area (Å²) in [6.07, 6.45) is 3.19. The fraction of sp³-hybridized carbons (Fsp3) is 0.273. The van der Waals surface area contributed by atoms with Gasteiger partial charge in [-0.2, -0.15) is 5.10 Å². The molecule has 4 heteroatoms. The van der Waals surface area contributed by atoms with Gasteiger partial charge in [-0.3, -0.25) is 4.79 Å². The molecular weight excluding hydrogens is 192 g/mol. The highest BCUT2D eigenvalue weighted by atomic mass is 16.3. The SMILES string of the molecule is C/C=C(\C)C(=O)N/N=C/c1ccc(C)o1. The Morgan fingerprint density at radius 1 is 1.53 bits per heavy atom. The normalized spacial score (nSPS) is 12.1. The number of amides is 1. The third kappa shape index (κ3) is 3.42. The zero-order chi connectivity index (χ0) is 11.3. The molecule has 0 spiro atoms. The van der Waals surface area contributed by atoms with Crippen LogP contribution >= 0.6 is 0 Å². The van der Waals surface area contributed by atoms with Crippen LogP contribution in [0, 0.1) is 6.92 Å². The number of nitrogens with zero attached hydrogens (tertiary/aromatic N) is 1. The van der Waals surface area contributed by atoms with Crippen LogP contribution < -0.4 is 5.43 Å². The number of furan rings is 1. The molecule has 15 heavy (non-hydrogen) atoms. The third-order valence-corrected chi connectivity index (χ3v) is 1.91. The van der Waals surface area contributed by atoms with Crippen molar-refractivity contribution in [2.45, 2.75) is 20.8 Å². The molecule has 1 aromatic heterocycles. The van der Waals surface area contributed by atoms with Gasteiger partial charge in [0.25, 0.3) is 5.91 Å². The molecule has 0 aromatic carbocycles. The van der Waals surface area contributed by atoms with Gasteiger partial charge in [-0.25, -0.2) is 5.43 Å². The van der Waals surface area contributed by atoms with Crippen LogP contribution in [-0.4, -0.2) is 12.1 Å². The van der Waals surface area contributed by atoms with Gasteiger partial charge in [0, 0.05) is 5.57 Å². The Morgan fingerprint density at radius 2 is 2.27 bits per heavy atom. The van der Waals surface area contributed by atoms with Crippen LogP contribution in [-0.2, 0) is 4.79 Å². The molecule has 0 atom stereocenters. The third-order valence-electron chi connectivity index (χ3n) is 1.91. The summed E-state index contributed by atoms with van der Waals surface area (Å²) in [5, 5.41) is 3.76. The average molecular weight is 206 g/mol. The lowest BCUT2D eigenvalue weighted by Gasteiger charge is -1.96. The summed E-state index contributed by atoms with van der Waals surface area (Å²) in [6.45, 7) is 5.37. The van der Waals surface area contributed by atoms with Crippen LogP contribution in [0.3, 0.4) is 0 Å². The maximum Gasteiger partial charge on any atom is 0.266 e. The molecule has 1 N–H and O–H groups in total. The quantitative estimate of drug-likeness (QED) is 0.467. The van der Waals surface area contributed by atoms with Crippen molar-refractivity contribution in [1.82, 2.24) is 5.43 Å². The van der Waals surface area contributed by atoms with Crippen molar-refractivity contribution in [3.63, 3.8) is 0 Å². The first kappa shape index (κ1) is 11.2. The summed E-state index contributed by atoms with van der Waals surface area (Å²) in [5.41, 5.74) is 3.02. The lowest BCUT2D eigenvalue weighted by Crippen LogP contribution is -2.18. The summed E-state index contributed by atoms with van der Waals surface area (Å²) in [4.78, 5) is 11.2. The Hall–Kier alpha value is -1.84. The van der Waals surface area contributed by atoms with Crippen molar-refractivity contribution in [3.8, 4) is 0 Å². The summed E-state index contributed by atoms with van der Waals surface area (Å²) in [6, 6.07) is 3.62. The van der Waals surface area contributed by atoms with E-state index < -0.39 is 0 Å². The van der Waals surface area contributed by atoms with Gasteiger partial charge in [-0.05, 0) is 32.9 Å². The maximum atomic E-state index is 11.2. The number of carbonyl (C=O) groups is 1. The van der Waals surface area contributed by atoms with E-state index in [1.165, 1.54) is 6.21 Å². The fourth-order valence-electron chi connectivity index (χ4n) is 0.897. The summed E-state index contributed by atoms with van der Waals surface area (Å²) < 4.78 is 5.24. The van der Waals surface area contributed by atoms with Gasteiger partial charge in [0.15, 0.2) is 0 Å². The molecule has 1 aromatic rings. The van der Waals surface area contributed by atoms with Crippen molar-refractivity contribution in [1.29, 1.82) is 0 Å². The Kier molecular flexibility index (Phi) is 3.85. The Bertz CT molecular complexity index is 402. The first-order valence-corrected chi connectivity index (χ1v) is 4.66. The van der Waals surface area contributed by atoms with E-state index in [1.807, 2.05) is 13.0 Å². The van der Waals surface area contributed by atoms with E-state index >= 15 is 0 Å². The fourth-order valence-corrected chi connectivity index (χ4v) is 0.897. The molecule has 0 bridgehead atoms. The Balaban J connectivity index is 2.50. The smallest absolute Gasteiger partial charge is 0.266 e. The summed E-state index contributed by atoms with van der Waals surface area (Å²) in [5.74, 6) is 1.22. The number of hydrogen-bond donors (Lipinski definition) is 1. The summed E-state index contributed by atoms with van der Waals surface area (Å²) in [7, 11) is 0. The predicted molar refractivity (Wildman–Crippen MR) is 58.6 cm³/mol. The minimum absolute atomic E-state index is 0.211. The predicted octanol–water partition coefficient (Wildman–Crippen LogP) is 2.00. The van der Waals surface area contributed by atoms with Crippen LogP contribution in [0.1, 0.15) is 25.4 Å². The van der Waals surface area contributed by atoms with Crippen LogP contribution in [0.4, 0.5) is 0 Å². The molecule has 0 unspecified atom stereocenters. The highest BCUT2D eigenvalue weighted by molar-refractivity contribution is 5.93. The van der Waals surface area contributed by atoms with E-state index in [0.717, 1.165) is 5.76 Å². The number of hydrazone groups is 1. The molecule has 0 saturated heterocycles. The highest BCUT2D eigenvalue weighted by Gasteiger charge is 1.99. The molecule has 0 saturated carbocycles. The highest BCUT2D eigenvalue weighted by Crippen LogP contribution is 2.02. The zero-order valence-corrected chi connectivity index (χ0v) is 9.07. The van der Waals surface area contributed by atoms with Gasteiger partial charge in [0.05, 0.1) is 6.21 Å². The van der Waals surface area contributed by atoms with E-state index in [2.05, 4.69) is 10.5 Å². The number of hydrogen-bond acceptors (Lipinski definition) is 3. The van der Waals surface area contributed by atoms with Crippen LogP contribution in [0.2, 0.25) is 0 Å². The number of nitrogens with one attached hydrogen (secondary N) is 1. The Labute approximate surface area is 88.7 Å². The van der Waals surface area contributed by atoms with Crippen molar-refractivity contribution < 1.29 is 9.21 Å². The van der Waals surface area contributed by atoms with Crippen molar-refractivity contribution in [2.75, 3.05) is 0 Å². The second-order valence-electron chi connectivity index (χ2n) is 3.12. The molecule has 1 rings (SSSR count). The van der Waals surface area contributed by atoms with Gasteiger partial charge in [0.2, 0.25) is 0 Å². The molecule has 1 heterocycles. The van der Waals surface area contributed by atoms with Gasteiger partial charge in [-0.1, -0.05) is 6.08 Å². The maximum absolute atomic E-state index is 11.2. The van der Waals surface area contributed by atoms with Gasteiger partial charge < -0.3 is 4.42 Å². The van der Waals surface area contributed by atoms with E-state index in [9.17, 15) is 4.79 Å². The van der Waals surface area contributed by atoms with E-state index in [0.29, 0.717) is 11.3 Å². The molecule has 0 fully saturated rings. The first-order chi connectivity index (χ1) is 7.13. The van der Waals surface area contributed by atoms with Crippen LogP contribution in [0.5, 0.6) is 0 Å². The second kappa shape index (κ2) is 5.14. The standard InChI is InChI=1S/C11H14N2O2/c1-4-8(2)11(14)13-12-7-10-6-5-9(3)15-10/h4-7H,1-3H3,(H,13,14)/b8-4+,12-7+. The first-order valence-electron chi connectivity index (χ1n) is 4.66. The lowest BCUT2D eigenvalue weighted by molar-refractivity contribution is -0.117. The topological polar surface area (TPSA) is 54.6 Å². The molecule has 4 nitrogen and oxygen atoms in total. The van der Waals surface area contributed by atoms with Gasteiger partial charge in [-0.15, -0.1) is 0 Å². The van der Waals surface area contributed by atoms with Gasteiger partial charge in [0.1, 0.15) is 11.5 Å². The molecular formula is C11H14N2O2. The van der Waals surface area contributed by atoms with Gasteiger partial charge >= 0.3 is 0 Å². The van der Waals surface area contributed by atoms with E-state index in [4.69, 9.17) is 4.42 Å². The number of carbonyl (C=O) groups excluding carboxylic acids is 1. The number of allylic oxidation sites excluding steroid dienone is 1. The van der Waals surface area contributed by atoms with Crippen LogP contribution in [0.15, 0.2) is 33.3 Å². The zero-order valence-electron chi connectivity index (χ0n) is 9.07. The molecule has 0 aliphatic rings. The van der Waals surface area contributed by atoms with Crippen molar-refractivity contribution >= 4 is 12.1 Å². The molecule has 1 amide bonds. The Morgan fingerprint density at radius 3 is 2.80 bits per heavy atom. The average Bonchev–Trinajstić information content (AvgIpc) is 2.63. The minimum atomic E-state index is -0.211. The lowest BCUT2D eigenvalue weighted by atomic mass is 10.3. The monoisotopic (exact) mass is 206 g/mol. The van der Waals surface area contributed by atoms with Crippen molar-refractivity contribution in [2.24, 2.45) is 5.10 Å². The molecule has 0 aliphatic carbocycles. The van der Waals surface area contributed by atoms with E-state index in [1.54, 1.807) is 26.0 Å². The number of rotatable bonds is 3. The largest absolute Gasteiger partial charge is 0.460 e. The molecule has 0 radical (unpaired) electrons. The minimum Gasteiger partial charge on any atom is -0.460 e. The number of aryl methyl sites for hydroxylation is 1. The molecule has 80 valence electrons. The van der Waals surface area contributed by atoms with E-state index in [-0.39, 0.29) is 5.91 Å². The second-order valence-corrected chi connectivity index (χ2v) is 3.12.